The quantitative estimate of drug-likeness (QED) is 0.851. The topological polar surface area (TPSA) is 72.6 Å². The Kier molecular flexibility index (Phi) is 4.27. The highest BCUT2D eigenvalue weighted by molar-refractivity contribution is 7.99. The fourth-order valence-electron chi connectivity index (χ4n) is 2.04. The molecular weight excluding hydrogens is 284 g/mol. The van der Waals surface area contributed by atoms with Gasteiger partial charge in [0, 0.05) is 18.8 Å². The van der Waals surface area contributed by atoms with Crippen LogP contribution >= 0.6 is 11.8 Å². The summed E-state index contributed by atoms with van der Waals surface area (Å²) in [5.74, 6) is 2.34. The number of nitrogens with two attached hydrogens (primary N) is 1. The summed E-state index contributed by atoms with van der Waals surface area (Å²) in [4.78, 5) is 0.213. The van der Waals surface area contributed by atoms with E-state index in [0.29, 0.717) is 11.4 Å². The molecule has 5 nitrogen and oxygen atoms in total. The minimum Gasteiger partial charge on any atom is -0.495 e. The lowest BCUT2D eigenvalue weighted by molar-refractivity contribution is 0.394. The lowest BCUT2D eigenvalue weighted by atomic mass is 10.3. The van der Waals surface area contributed by atoms with Gasteiger partial charge >= 0.3 is 0 Å². The molecule has 1 heterocycles. The van der Waals surface area contributed by atoms with Crippen molar-refractivity contribution in [3.8, 4) is 5.75 Å². The van der Waals surface area contributed by atoms with Crippen molar-refractivity contribution in [1.82, 2.24) is 4.31 Å². The molecule has 0 saturated carbocycles. The maximum atomic E-state index is 12.5. The second-order valence-electron chi connectivity index (χ2n) is 4.44. The minimum atomic E-state index is -3.49. The predicted molar refractivity (Wildman–Crippen MR) is 78.1 cm³/mol. The Bertz CT molecular complexity index is 554. The van der Waals surface area contributed by atoms with Crippen molar-refractivity contribution < 1.29 is 13.2 Å². The van der Waals surface area contributed by atoms with Crippen molar-refractivity contribution in [1.29, 1.82) is 0 Å². The predicted octanol–water partition coefficient (Wildman–Crippen LogP) is 1.40. The summed E-state index contributed by atoms with van der Waals surface area (Å²) in [7, 11) is -0.352. The Hall–Kier alpha value is -0.920. The number of ether oxygens (including phenoxy) is 1. The summed E-state index contributed by atoms with van der Waals surface area (Å²) >= 11 is 1.78. The van der Waals surface area contributed by atoms with Crippen LogP contribution in [0.15, 0.2) is 23.1 Å². The number of anilines is 1. The molecule has 1 aliphatic heterocycles. The highest BCUT2D eigenvalue weighted by Gasteiger charge is 2.30. The Labute approximate surface area is 118 Å². The van der Waals surface area contributed by atoms with E-state index in [9.17, 15) is 8.42 Å². The first-order valence-corrected chi connectivity index (χ1v) is 8.55. The molecule has 0 radical (unpaired) electrons. The average Bonchev–Trinajstić information content (AvgIpc) is 2.91. The second kappa shape index (κ2) is 5.60. The summed E-state index contributed by atoms with van der Waals surface area (Å²) in [5.41, 5.74) is 6.10. The van der Waals surface area contributed by atoms with Crippen molar-refractivity contribution >= 4 is 27.5 Å². The molecule has 0 bridgehead atoms. The van der Waals surface area contributed by atoms with E-state index in [0.717, 1.165) is 17.9 Å². The molecule has 1 fully saturated rings. The Morgan fingerprint density at radius 2 is 2.21 bits per heavy atom. The van der Waals surface area contributed by atoms with Gasteiger partial charge in [-0.05, 0) is 30.4 Å². The molecule has 1 saturated heterocycles. The molecule has 19 heavy (non-hydrogen) atoms. The van der Waals surface area contributed by atoms with E-state index in [1.165, 1.54) is 23.5 Å². The van der Waals surface area contributed by atoms with E-state index >= 15 is 0 Å². The molecule has 1 aromatic rings. The Morgan fingerprint density at radius 3 is 2.74 bits per heavy atom. The number of thioether (sulfide) groups is 1. The van der Waals surface area contributed by atoms with E-state index < -0.39 is 10.0 Å². The zero-order chi connectivity index (χ0) is 14.0. The normalized spacial score (nSPS) is 19.8. The van der Waals surface area contributed by atoms with Crippen LogP contribution in [0.5, 0.6) is 5.75 Å². The minimum absolute atomic E-state index is 0.0679. The number of nitrogen functional groups attached to an aromatic ring is 1. The highest BCUT2D eigenvalue weighted by Crippen LogP contribution is 2.29. The first kappa shape index (κ1) is 14.5. The fraction of sp³-hybridized carbons (Fsp3) is 0.500. The summed E-state index contributed by atoms with van der Waals surface area (Å²) in [5, 5.41) is 0. The van der Waals surface area contributed by atoms with Crippen LogP contribution in [-0.4, -0.2) is 44.4 Å². The largest absolute Gasteiger partial charge is 0.495 e. The van der Waals surface area contributed by atoms with Gasteiger partial charge in [-0.25, -0.2) is 8.42 Å². The van der Waals surface area contributed by atoms with Crippen molar-refractivity contribution in [3.63, 3.8) is 0 Å². The van der Waals surface area contributed by atoms with Gasteiger partial charge in [0.15, 0.2) is 0 Å². The number of hydrogen-bond donors (Lipinski definition) is 1. The van der Waals surface area contributed by atoms with Crippen molar-refractivity contribution in [2.45, 2.75) is 17.4 Å². The molecule has 1 atom stereocenters. The van der Waals surface area contributed by atoms with Crippen LogP contribution in [0, 0.1) is 0 Å². The number of methoxy groups -OCH3 is 1. The number of nitrogens with zero attached hydrogens (tertiary/aromatic N) is 1. The third kappa shape index (κ3) is 2.82. The SMILES string of the molecule is COc1ccc(S(=O)(=O)N(C)C2CCSC2)cc1N. The smallest absolute Gasteiger partial charge is 0.243 e. The van der Waals surface area contributed by atoms with Crippen molar-refractivity contribution in [2.24, 2.45) is 0 Å². The van der Waals surface area contributed by atoms with Crippen LogP contribution in [-0.2, 0) is 10.0 Å². The lowest BCUT2D eigenvalue weighted by Gasteiger charge is -2.23. The van der Waals surface area contributed by atoms with Gasteiger partial charge in [-0.2, -0.15) is 16.1 Å². The van der Waals surface area contributed by atoms with Crippen LogP contribution in [0.3, 0.4) is 0 Å². The van der Waals surface area contributed by atoms with Crippen LogP contribution in [0.1, 0.15) is 6.42 Å². The molecule has 2 rings (SSSR count). The molecule has 1 aromatic carbocycles. The first-order chi connectivity index (χ1) is 8.96. The molecule has 0 spiro atoms. The zero-order valence-electron chi connectivity index (χ0n) is 11.0. The van der Waals surface area contributed by atoms with E-state index in [4.69, 9.17) is 10.5 Å². The van der Waals surface area contributed by atoms with Gasteiger partial charge < -0.3 is 10.5 Å². The number of benzene rings is 1. The van der Waals surface area contributed by atoms with Crippen LogP contribution in [0.4, 0.5) is 5.69 Å². The fourth-order valence-corrected chi connectivity index (χ4v) is 4.83. The maximum Gasteiger partial charge on any atom is 0.243 e. The van der Waals surface area contributed by atoms with E-state index in [1.807, 2.05) is 0 Å². The second-order valence-corrected chi connectivity index (χ2v) is 7.59. The molecule has 2 N–H and O–H groups in total. The highest BCUT2D eigenvalue weighted by atomic mass is 32.2. The monoisotopic (exact) mass is 302 g/mol. The van der Waals surface area contributed by atoms with Crippen molar-refractivity contribution in [2.75, 3.05) is 31.4 Å². The van der Waals surface area contributed by atoms with Gasteiger partial charge in [-0.3, -0.25) is 0 Å². The average molecular weight is 302 g/mol. The van der Waals surface area contributed by atoms with Crippen LogP contribution < -0.4 is 10.5 Å². The van der Waals surface area contributed by atoms with E-state index in [2.05, 4.69) is 0 Å². The third-order valence-corrected chi connectivity index (χ3v) is 6.35. The summed E-state index contributed by atoms with van der Waals surface area (Å²) in [6, 6.07) is 4.63. The number of sulfonamides is 1. The van der Waals surface area contributed by atoms with E-state index in [-0.39, 0.29) is 10.9 Å². The van der Waals surface area contributed by atoms with Gasteiger partial charge in [0.25, 0.3) is 0 Å². The number of hydrogen-bond acceptors (Lipinski definition) is 5. The maximum absolute atomic E-state index is 12.5. The molecule has 7 heteroatoms. The molecule has 1 unspecified atom stereocenters. The third-order valence-electron chi connectivity index (χ3n) is 3.30. The molecule has 106 valence electrons. The van der Waals surface area contributed by atoms with Crippen LogP contribution in [0.2, 0.25) is 0 Å². The molecule has 1 aliphatic rings. The Balaban J connectivity index is 2.30. The number of rotatable bonds is 4. The van der Waals surface area contributed by atoms with Crippen molar-refractivity contribution in [3.05, 3.63) is 18.2 Å². The van der Waals surface area contributed by atoms with E-state index in [1.54, 1.807) is 24.9 Å². The first-order valence-electron chi connectivity index (χ1n) is 5.96. The standard InChI is InChI=1S/C12H18N2O3S2/c1-14(9-5-6-18-8-9)19(15,16)10-3-4-12(17-2)11(13)7-10/h3-4,7,9H,5-6,8,13H2,1-2H3. The van der Waals surface area contributed by atoms with Gasteiger partial charge in [0.05, 0.1) is 17.7 Å². The zero-order valence-corrected chi connectivity index (χ0v) is 12.6. The van der Waals surface area contributed by atoms with Gasteiger partial charge in [0.2, 0.25) is 10.0 Å². The summed E-state index contributed by atoms with van der Waals surface area (Å²) in [6.45, 7) is 0. The summed E-state index contributed by atoms with van der Waals surface area (Å²) < 4.78 is 31.5. The van der Waals surface area contributed by atoms with Gasteiger partial charge in [0.1, 0.15) is 5.75 Å². The Morgan fingerprint density at radius 1 is 1.47 bits per heavy atom. The van der Waals surface area contributed by atoms with Gasteiger partial charge in [-0.15, -0.1) is 0 Å². The molecular formula is C12H18N2O3S2. The molecule has 0 aromatic heterocycles. The van der Waals surface area contributed by atoms with Gasteiger partial charge in [-0.1, -0.05) is 0 Å². The molecule has 0 aliphatic carbocycles. The molecule has 0 amide bonds. The lowest BCUT2D eigenvalue weighted by Crippen LogP contribution is -2.36. The summed E-state index contributed by atoms with van der Waals surface area (Å²) in [6.07, 6.45) is 0.895. The van der Waals surface area contributed by atoms with Crippen LogP contribution in [0.25, 0.3) is 0 Å².